The monoisotopic (exact) mass is 310 g/mol. The number of esters is 1. The highest BCUT2D eigenvalue weighted by Gasteiger charge is 2.23. The first-order valence-corrected chi connectivity index (χ1v) is 6.45. The second-order valence-electron chi connectivity index (χ2n) is 5.16. The molecule has 0 aliphatic rings. The number of carbonyl (C=O) groups is 1. The van der Waals surface area contributed by atoms with Crippen LogP contribution in [-0.4, -0.2) is 15.5 Å². The molecule has 0 saturated heterocycles. The molecule has 18 heavy (non-hydrogen) atoms. The van der Waals surface area contributed by atoms with E-state index in [0.29, 0.717) is 0 Å². The zero-order valence-electron chi connectivity index (χ0n) is 10.6. The zero-order valence-corrected chi connectivity index (χ0v) is 12.2. The second-order valence-corrected chi connectivity index (χ2v) is 6.07. The molecule has 1 aromatic heterocycles. The number of hydrogen-bond acceptors (Lipinski definition) is 3. The lowest BCUT2D eigenvalue weighted by Crippen LogP contribution is -2.23. The molecule has 0 saturated carbocycles. The third-order valence-electron chi connectivity index (χ3n) is 2.53. The number of imidazole rings is 1. The molecule has 0 aliphatic carbocycles. The van der Waals surface area contributed by atoms with Crippen LogP contribution in [-0.2, 0) is 16.3 Å². The molecular weight excluding hydrogens is 296 g/mol. The van der Waals surface area contributed by atoms with Crippen LogP contribution in [0.5, 0.6) is 0 Å². The van der Waals surface area contributed by atoms with Gasteiger partial charge >= 0.3 is 5.97 Å². The molecular formula is C13H15BrN2O2. The van der Waals surface area contributed by atoms with Crippen LogP contribution in [0.2, 0.25) is 0 Å². The molecule has 4 nitrogen and oxygen atoms in total. The highest BCUT2D eigenvalue weighted by atomic mass is 79.9. The van der Waals surface area contributed by atoms with E-state index in [4.69, 9.17) is 4.74 Å². The second kappa shape index (κ2) is 4.72. The van der Waals surface area contributed by atoms with Gasteiger partial charge in [0.25, 0.3) is 0 Å². The van der Waals surface area contributed by atoms with Crippen LogP contribution in [0.25, 0.3) is 11.0 Å². The van der Waals surface area contributed by atoms with Gasteiger partial charge in [-0.05, 0) is 39.0 Å². The lowest BCUT2D eigenvalue weighted by atomic mass is 9.98. The van der Waals surface area contributed by atoms with Crippen LogP contribution in [0.4, 0.5) is 0 Å². The third-order valence-corrected chi connectivity index (χ3v) is 3.02. The van der Waals surface area contributed by atoms with Crippen molar-refractivity contribution in [2.24, 2.45) is 5.41 Å². The van der Waals surface area contributed by atoms with Crippen molar-refractivity contribution in [3.63, 3.8) is 0 Å². The van der Waals surface area contributed by atoms with Gasteiger partial charge in [0.2, 0.25) is 0 Å². The summed E-state index contributed by atoms with van der Waals surface area (Å²) in [7, 11) is 0. The van der Waals surface area contributed by atoms with Gasteiger partial charge in [0.05, 0.1) is 22.8 Å². The van der Waals surface area contributed by atoms with E-state index in [9.17, 15) is 4.79 Å². The molecule has 0 fully saturated rings. The molecule has 0 N–H and O–H groups in total. The maximum atomic E-state index is 11.7. The summed E-state index contributed by atoms with van der Waals surface area (Å²) >= 11 is 3.41. The van der Waals surface area contributed by atoms with E-state index in [0.717, 1.165) is 15.5 Å². The molecule has 2 aromatic rings. The summed E-state index contributed by atoms with van der Waals surface area (Å²) in [5, 5.41) is 0. The summed E-state index contributed by atoms with van der Waals surface area (Å²) in [5.41, 5.74) is 1.33. The Balaban J connectivity index is 2.18. The first-order valence-electron chi connectivity index (χ1n) is 5.65. The fourth-order valence-electron chi connectivity index (χ4n) is 1.48. The van der Waals surface area contributed by atoms with Gasteiger partial charge in [0.1, 0.15) is 0 Å². The fourth-order valence-corrected chi connectivity index (χ4v) is 1.83. The van der Waals surface area contributed by atoms with Crippen molar-refractivity contribution in [1.29, 1.82) is 0 Å². The van der Waals surface area contributed by atoms with Crippen molar-refractivity contribution in [2.75, 3.05) is 0 Å². The number of nitrogens with zero attached hydrogens (tertiary/aromatic N) is 2. The maximum Gasteiger partial charge on any atom is 0.312 e. The average Bonchev–Trinajstić information content (AvgIpc) is 2.67. The van der Waals surface area contributed by atoms with Gasteiger partial charge in [-0.1, -0.05) is 15.9 Å². The van der Waals surface area contributed by atoms with Crippen molar-refractivity contribution in [2.45, 2.75) is 27.5 Å². The fraction of sp³-hybridized carbons (Fsp3) is 0.385. The predicted octanol–water partition coefficient (Wildman–Crippen LogP) is 3.35. The van der Waals surface area contributed by atoms with Crippen LogP contribution in [0.3, 0.4) is 0 Å². The van der Waals surface area contributed by atoms with Crippen LogP contribution in [0, 0.1) is 5.41 Å². The van der Waals surface area contributed by atoms with Gasteiger partial charge < -0.3 is 4.74 Å². The number of hydrogen-bond donors (Lipinski definition) is 0. The lowest BCUT2D eigenvalue weighted by molar-refractivity contribution is -0.156. The molecule has 5 heteroatoms. The smallest absolute Gasteiger partial charge is 0.312 e. The van der Waals surface area contributed by atoms with E-state index in [2.05, 4.69) is 20.9 Å². The molecule has 0 aliphatic heterocycles. The molecule has 0 bridgehead atoms. The Morgan fingerprint density at radius 3 is 2.83 bits per heavy atom. The maximum absolute atomic E-state index is 11.7. The third kappa shape index (κ3) is 2.72. The highest BCUT2D eigenvalue weighted by Crippen LogP contribution is 2.20. The number of ether oxygens (including phenoxy) is 1. The van der Waals surface area contributed by atoms with E-state index in [-0.39, 0.29) is 12.7 Å². The van der Waals surface area contributed by atoms with Gasteiger partial charge in [-0.3, -0.25) is 9.36 Å². The minimum Gasteiger partial charge on any atom is -0.443 e. The number of carbonyl (C=O) groups excluding carboxylic acids is 1. The lowest BCUT2D eigenvalue weighted by Gasteiger charge is -2.16. The Kier molecular flexibility index (Phi) is 3.43. The van der Waals surface area contributed by atoms with Crippen LogP contribution in [0.15, 0.2) is 29.0 Å². The van der Waals surface area contributed by atoms with Crippen molar-refractivity contribution >= 4 is 32.9 Å². The Labute approximate surface area is 114 Å². The van der Waals surface area contributed by atoms with Crippen LogP contribution in [0.1, 0.15) is 20.8 Å². The average molecular weight is 311 g/mol. The van der Waals surface area contributed by atoms with Gasteiger partial charge in [-0.2, -0.15) is 0 Å². The number of benzene rings is 1. The van der Waals surface area contributed by atoms with E-state index in [1.54, 1.807) is 6.33 Å². The first kappa shape index (κ1) is 13.1. The van der Waals surface area contributed by atoms with Crippen molar-refractivity contribution in [3.8, 4) is 0 Å². The van der Waals surface area contributed by atoms with Crippen molar-refractivity contribution in [3.05, 3.63) is 29.0 Å². The minimum absolute atomic E-state index is 0.184. The number of rotatable bonds is 2. The van der Waals surface area contributed by atoms with Crippen molar-refractivity contribution in [1.82, 2.24) is 9.55 Å². The summed E-state index contributed by atoms with van der Waals surface area (Å²) in [6.07, 6.45) is 1.67. The highest BCUT2D eigenvalue weighted by molar-refractivity contribution is 9.10. The molecule has 96 valence electrons. The predicted molar refractivity (Wildman–Crippen MR) is 73.0 cm³/mol. The summed E-state index contributed by atoms with van der Waals surface area (Å²) in [5.74, 6) is -0.223. The number of aromatic nitrogens is 2. The van der Waals surface area contributed by atoms with Crippen LogP contribution >= 0.6 is 15.9 Å². The van der Waals surface area contributed by atoms with E-state index in [1.165, 1.54) is 0 Å². The topological polar surface area (TPSA) is 44.1 Å². The molecule has 1 heterocycles. The summed E-state index contributed by atoms with van der Waals surface area (Å²) in [6, 6.07) is 5.80. The summed E-state index contributed by atoms with van der Waals surface area (Å²) < 4.78 is 8.05. The Morgan fingerprint density at radius 1 is 1.44 bits per heavy atom. The zero-order chi connectivity index (χ0) is 13.3. The minimum atomic E-state index is -0.489. The molecule has 0 atom stereocenters. The molecule has 0 amide bonds. The molecule has 0 radical (unpaired) electrons. The molecule has 0 spiro atoms. The van der Waals surface area contributed by atoms with Gasteiger partial charge in [0.15, 0.2) is 6.73 Å². The number of halogens is 1. The van der Waals surface area contributed by atoms with Gasteiger partial charge in [-0.15, -0.1) is 0 Å². The molecule has 1 aromatic carbocycles. The first-order chi connectivity index (χ1) is 8.38. The normalized spacial score (nSPS) is 11.8. The van der Waals surface area contributed by atoms with Crippen molar-refractivity contribution < 1.29 is 9.53 Å². The van der Waals surface area contributed by atoms with E-state index in [1.807, 2.05) is 43.5 Å². The number of fused-ring (bicyclic) bond motifs is 1. The standard InChI is InChI=1S/C13H15BrN2O2/c1-13(2,3)12(17)18-8-16-7-15-10-5-4-9(14)6-11(10)16/h4-7H,8H2,1-3H3. The van der Waals surface area contributed by atoms with Gasteiger partial charge in [0, 0.05) is 4.47 Å². The molecule has 0 unspecified atom stereocenters. The Morgan fingerprint density at radius 2 is 2.17 bits per heavy atom. The van der Waals surface area contributed by atoms with Gasteiger partial charge in [-0.25, -0.2) is 4.98 Å². The van der Waals surface area contributed by atoms with E-state index < -0.39 is 5.41 Å². The Bertz CT molecular complexity index is 584. The Hall–Kier alpha value is -1.36. The summed E-state index contributed by atoms with van der Waals surface area (Å²) in [6.45, 7) is 5.68. The summed E-state index contributed by atoms with van der Waals surface area (Å²) in [4.78, 5) is 15.9. The van der Waals surface area contributed by atoms with Crippen LogP contribution < -0.4 is 0 Å². The molecule has 2 rings (SSSR count). The quantitative estimate of drug-likeness (QED) is 0.799. The SMILES string of the molecule is CC(C)(C)C(=O)OCn1cnc2ccc(Br)cc21. The van der Waals surface area contributed by atoms with E-state index >= 15 is 0 Å². The largest absolute Gasteiger partial charge is 0.443 e.